The number of hydrogen-bond donors (Lipinski definition) is 4. The van der Waals surface area contributed by atoms with Crippen molar-refractivity contribution in [3.63, 3.8) is 0 Å². The van der Waals surface area contributed by atoms with Crippen molar-refractivity contribution in [2.45, 2.75) is 163 Å². The van der Waals surface area contributed by atoms with Crippen LogP contribution in [0.25, 0.3) is 0 Å². The van der Waals surface area contributed by atoms with E-state index in [0.717, 1.165) is 64.6 Å². The average Bonchev–Trinajstić information content (AvgIpc) is 3.48. The summed E-state index contributed by atoms with van der Waals surface area (Å²) in [6, 6.07) is -2.76. The number of hydrogen-bond acceptors (Lipinski definition) is 7. The van der Waals surface area contributed by atoms with Crippen molar-refractivity contribution >= 4 is 29.5 Å². The highest BCUT2D eigenvalue weighted by Crippen LogP contribution is 2.88. The average molecular weight is 752 g/mol. The lowest BCUT2D eigenvalue weighted by Gasteiger charge is -2.39. The van der Waals surface area contributed by atoms with Crippen LogP contribution in [0, 0.1) is 33.0 Å². The van der Waals surface area contributed by atoms with Crippen LogP contribution in [-0.2, 0) is 24.0 Å². The van der Waals surface area contributed by atoms with Crippen molar-refractivity contribution in [2.24, 2.45) is 33.0 Å². The molecule has 3 aliphatic carbocycles. The van der Waals surface area contributed by atoms with Gasteiger partial charge in [-0.25, -0.2) is 5.01 Å². The van der Waals surface area contributed by atoms with Crippen LogP contribution in [-0.4, -0.2) is 106 Å². The van der Waals surface area contributed by atoms with Crippen molar-refractivity contribution in [3.05, 3.63) is 12.7 Å². The smallest absolute Gasteiger partial charge is 0.260 e. The number of carbonyl (C=O) groups excluding carboxylic acids is 5. The van der Waals surface area contributed by atoms with Crippen LogP contribution in [0.5, 0.6) is 0 Å². The quantitative estimate of drug-likeness (QED) is 0.235. The first-order valence-electron chi connectivity index (χ1n) is 20.7. The number of amides is 5. The Bertz CT molecular complexity index is 1540. The summed E-state index contributed by atoms with van der Waals surface area (Å²) in [4.78, 5) is 75.5. The fraction of sp³-hybridized carbons (Fsp3) is 0.833. The number of nitrogens with one attached hydrogen (secondary N) is 4. The van der Waals surface area contributed by atoms with Crippen molar-refractivity contribution in [3.8, 4) is 0 Å². The largest absolute Gasteiger partial charge is 0.342 e. The number of rotatable bonds is 11. The van der Waals surface area contributed by atoms with Gasteiger partial charge in [0.1, 0.15) is 23.7 Å². The summed E-state index contributed by atoms with van der Waals surface area (Å²) in [7, 11) is 0. The molecule has 3 saturated heterocycles. The second-order valence-electron chi connectivity index (χ2n) is 20.6. The summed E-state index contributed by atoms with van der Waals surface area (Å²) in [5.74, 6) is -1.67. The Morgan fingerprint density at radius 3 is 1.91 bits per heavy atom. The third-order valence-corrected chi connectivity index (χ3v) is 14.9. The molecule has 3 heterocycles. The van der Waals surface area contributed by atoms with E-state index in [4.69, 9.17) is 0 Å². The summed E-state index contributed by atoms with van der Waals surface area (Å²) >= 11 is 0. The molecule has 3 aliphatic heterocycles. The molecule has 7 atom stereocenters. The molecule has 0 aromatic heterocycles. The van der Waals surface area contributed by atoms with Crippen LogP contribution in [0.15, 0.2) is 12.7 Å². The van der Waals surface area contributed by atoms with Crippen molar-refractivity contribution in [1.82, 2.24) is 36.2 Å². The number of nitrogens with zero attached hydrogens (tertiary/aromatic N) is 3. The van der Waals surface area contributed by atoms with E-state index < -0.39 is 40.4 Å². The van der Waals surface area contributed by atoms with Gasteiger partial charge in [0.2, 0.25) is 23.6 Å². The monoisotopic (exact) mass is 752 g/mol. The lowest BCUT2D eigenvalue weighted by Crippen LogP contribution is -2.63. The molecule has 5 amide bonds. The van der Waals surface area contributed by atoms with Crippen LogP contribution in [0.4, 0.5) is 0 Å². The summed E-state index contributed by atoms with van der Waals surface area (Å²) in [5, 5.41) is 11.3. The zero-order valence-electron chi connectivity index (χ0n) is 34.8. The van der Waals surface area contributed by atoms with E-state index >= 15 is 4.79 Å². The maximum Gasteiger partial charge on any atom is 0.260 e. The van der Waals surface area contributed by atoms with E-state index in [2.05, 4.69) is 60.5 Å². The molecule has 2 spiro atoms. The van der Waals surface area contributed by atoms with E-state index in [-0.39, 0.29) is 57.9 Å². The van der Waals surface area contributed by atoms with Crippen LogP contribution in [0.3, 0.4) is 0 Å². The lowest BCUT2D eigenvalue weighted by molar-refractivity contribution is -0.145. The minimum absolute atomic E-state index is 0.0633. The summed E-state index contributed by atoms with van der Waals surface area (Å²) in [6.45, 7) is 27.0. The highest BCUT2D eigenvalue weighted by Gasteiger charge is 2.85. The first-order valence-corrected chi connectivity index (χ1v) is 20.7. The number of likely N-dealkylation sites (tertiary alicyclic amines) is 2. The zero-order chi connectivity index (χ0) is 39.8. The summed E-state index contributed by atoms with van der Waals surface area (Å²) < 4.78 is 0. The third kappa shape index (κ3) is 6.58. The Labute approximate surface area is 323 Å². The minimum atomic E-state index is -1.11. The van der Waals surface area contributed by atoms with Crippen LogP contribution >= 0.6 is 0 Å². The molecule has 12 nitrogen and oxygen atoms in total. The van der Waals surface area contributed by atoms with Crippen molar-refractivity contribution in [2.75, 3.05) is 26.2 Å². The Balaban J connectivity index is 1.26. The standard InChI is InChI=1S/C42H69N7O5/c1-12-27-23-42(27,36(54)46-47-20-13-14-21-47)45-33(51)29-24-41(39(10,11)40(41)18-16-19-40)25-49(29)35(53)31(38(7,8)9)44-34(52)30(37(4,5)6)43-32(50)28-17-15-22-48(28)26(2)3/h12,26-31H,1,13-25H2,2-11H3,(H,43,50)(H,44,52)(H,45,51)(H,46,54)/t27-,28+,29?,30?,31-,41-,42-/m1/s1. The molecule has 0 bridgehead atoms. The third-order valence-electron chi connectivity index (χ3n) is 14.9. The van der Waals surface area contributed by atoms with Gasteiger partial charge in [0.05, 0.1) is 6.04 Å². The fourth-order valence-corrected chi connectivity index (χ4v) is 11.1. The van der Waals surface area contributed by atoms with Gasteiger partial charge >= 0.3 is 0 Å². The molecule has 3 saturated carbocycles. The number of carbonyl (C=O) groups is 5. The van der Waals surface area contributed by atoms with Crippen molar-refractivity contribution in [1.29, 1.82) is 0 Å². The predicted molar refractivity (Wildman–Crippen MR) is 208 cm³/mol. The van der Waals surface area contributed by atoms with E-state index in [1.165, 1.54) is 0 Å². The molecule has 12 heteroatoms. The van der Waals surface area contributed by atoms with E-state index in [1.807, 2.05) is 46.6 Å². The second-order valence-corrected chi connectivity index (χ2v) is 20.6. The summed E-state index contributed by atoms with van der Waals surface area (Å²) in [5.41, 5.74) is 0.334. The van der Waals surface area contributed by atoms with Crippen LogP contribution in [0.2, 0.25) is 0 Å². The van der Waals surface area contributed by atoms with Gasteiger partial charge in [0, 0.05) is 37.0 Å². The van der Waals surface area contributed by atoms with E-state index in [9.17, 15) is 19.2 Å². The molecule has 6 aliphatic rings. The Morgan fingerprint density at radius 1 is 0.778 bits per heavy atom. The first kappa shape index (κ1) is 40.7. The highest BCUT2D eigenvalue weighted by atomic mass is 16.2. The van der Waals surface area contributed by atoms with E-state index in [0.29, 0.717) is 19.4 Å². The highest BCUT2D eigenvalue weighted by molar-refractivity contribution is 5.99. The van der Waals surface area contributed by atoms with E-state index in [1.54, 1.807) is 11.0 Å². The molecule has 2 unspecified atom stereocenters. The molecule has 4 N–H and O–H groups in total. The topological polar surface area (TPSA) is 143 Å². The lowest BCUT2D eigenvalue weighted by atomic mass is 9.73. The molecular formula is C42H69N7O5. The molecular weight excluding hydrogens is 683 g/mol. The molecule has 0 aromatic rings. The predicted octanol–water partition coefficient (Wildman–Crippen LogP) is 3.91. The summed E-state index contributed by atoms with van der Waals surface area (Å²) in [6.07, 6.45) is 9.65. The van der Waals surface area contributed by atoms with Gasteiger partial charge < -0.3 is 20.9 Å². The zero-order valence-corrected chi connectivity index (χ0v) is 34.8. The van der Waals surface area contributed by atoms with Crippen molar-refractivity contribution < 1.29 is 24.0 Å². The normalized spacial score (nSPS) is 32.6. The van der Waals surface area contributed by atoms with Gasteiger partial charge in [-0.1, -0.05) is 67.9 Å². The molecule has 6 rings (SSSR count). The number of hydrazine groups is 1. The Hall–Kier alpha value is -2.99. The van der Waals surface area contributed by atoms with Crippen LogP contribution < -0.4 is 21.4 Å². The van der Waals surface area contributed by atoms with Gasteiger partial charge in [-0.05, 0) is 93.4 Å². The maximum atomic E-state index is 15.1. The minimum Gasteiger partial charge on any atom is -0.342 e. The molecule has 54 heavy (non-hydrogen) atoms. The van der Waals surface area contributed by atoms with Gasteiger partial charge in [0.25, 0.3) is 5.91 Å². The first-order chi connectivity index (χ1) is 25.1. The van der Waals surface area contributed by atoms with Gasteiger partial charge in [-0.2, -0.15) is 0 Å². The maximum absolute atomic E-state index is 15.1. The van der Waals surface area contributed by atoms with Gasteiger partial charge in [0.15, 0.2) is 0 Å². The second kappa shape index (κ2) is 13.9. The van der Waals surface area contributed by atoms with Gasteiger partial charge in [-0.3, -0.25) is 34.3 Å². The Kier molecular flexibility index (Phi) is 10.5. The Morgan fingerprint density at radius 2 is 1.41 bits per heavy atom. The molecule has 6 fully saturated rings. The number of fused-ring (bicyclic) bond motifs is 1. The molecule has 302 valence electrons. The molecule has 0 aromatic carbocycles. The van der Waals surface area contributed by atoms with Gasteiger partial charge in [-0.15, -0.1) is 6.58 Å². The van der Waals surface area contributed by atoms with Crippen LogP contribution in [0.1, 0.15) is 127 Å². The molecule has 0 radical (unpaired) electrons. The SMILES string of the molecule is C=C[C@@H]1C[C@]1(NC(=O)C1C[C@@]2(CN1C(=O)[C@@H](NC(=O)C(NC(=O)[C@@H]1CCCN1C(C)C)C(C)(C)C)C(C)(C)C)C(C)(C)C21CCC1)C(=O)NN1CCCC1. The fourth-order valence-electron chi connectivity index (χ4n) is 11.1.